The van der Waals surface area contributed by atoms with Gasteiger partial charge in [-0.3, -0.25) is 9.59 Å². The van der Waals surface area contributed by atoms with Crippen LogP contribution in [0.25, 0.3) is 5.78 Å². The van der Waals surface area contributed by atoms with Gasteiger partial charge in [0.1, 0.15) is 0 Å². The number of anilines is 1. The van der Waals surface area contributed by atoms with E-state index in [9.17, 15) is 9.59 Å². The Labute approximate surface area is 187 Å². The van der Waals surface area contributed by atoms with Gasteiger partial charge in [-0.05, 0) is 38.1 Å². The monoisotopic (exact) mass is 451 g/mol. The van der Waals surface area contributed by atoms with Crippen molar-refractivity contribution in [1.82, 2.24) is 19.6 Å². The van der Waals surface area contributed by atoms with Gasteiger partial charge in [0.15, 0.2) is 5.78 Å². The van der Waals surface area contributed by atoms with Crippen molar-refractivity contribution < 1.29 is 9.59 Å². The fourth-order valence-corrected chi connectivity index (χ4v) is 3.87. The summed E-state index contributed by atoms with van der Waals surface area (Å²) in [5, 5.41) is 8.05. The van der Waals surface area contributed by atoms with Crippen LogP contribution in [0.15, 0.2) is 59.8 Å². The third-order valence-corrected chi connectivity index (χ3v) is 5.54. The third-order valence-electron chi connectivity index (χ3n) is 4.47. The van der Waals surface area contributed by atoms with Crippen LogP contribution in [0.4, 0.5) is 5.69 Å². The van der Waals surface area contributed by atoms with E-state index >= 15 is 0 Å². The van der Waals surface area contributed by atoms with Gasteiger partial charge in [-0.15, -0.1) is 5.10 Å². The highest BCUT2D eigenvalue weighted by atomic mass is 35.5. The normalized spacial score (nSPS) is 10.9. The van der Waals surface area contributed by atoms with Crippen LogP contribution in [0.1, 0.15) is 27.3 Å². The number of amides is 1. The molecule has 0 aliphatic rings. The van der Waals surface area contributed by atoms with Crippen molar-refractivity contribution >= 4 is 46.5 Å². The maximum atomic E-state index is 12.9. The van der Waals surface area contributed by atoms with Crippen LogP contribution in [0.2, 0.25) is 5.02 Å². The molecule has 2 aromatic carbocycles. The van der Waals surface area contributed by atoms with Gasteiger partial charge in [0.05, 0.1) is 11.4 Å². The minimum Gasteiger partial charge on any atom is -0.325 e. The zero-order chi connectivity index (χ0) is 22.0. The summed E-state index contributed by atoms with van der Waals surface area (Å²) in [4.78, 5) is 34.2. The Balaban J connectivity index is 1.49. The van der Waals surface area contributed by atoms with Crippen molar-refractivity contribution in [2.45, 2.75) is 19.0 Å². The number of nitrogens with zero attached hydrogens (tertiary/aromatic N) is 4. The van der Waals surface area contributed by atoms with Gasteiger partial charge in [-0.25, -0.2) is 9.50 Å². The molecule has 2 heterocycles. The maximum Gasteiger partial charge on any atom is 0.253 e. The largest absolute Gasteiger partial charge is 0.325 e. The van der Waals surface area contributed by atoms with Gasteiger partial charge in [0.2, 0.25) is 11.1 Å². The molecule has 0 spiro atoms. The average Bonchev–Trinajstić information content (AvgIpc) is 3.17. The zero-order valence-electron chi connectivity index (χ0n) is 16.8. The molecule has 0 aliphatic heterocycles. The summed E-state index contributed by atoms with van der Waals surface area (Å²) >= 11 is 7.29. The summed E-state index contributed by atoms with van der Waals surface area (Å²) in [6, 6.07) is 15.6. The summed E-state index contributed by atoms with van der Waals surface area (Å²) in [5.74, 6) is 0.0734. The molecule has 31 heavy (non-hydrogen) atoms. The zero-order valence-corrected chi connectivity index (χ0v) is 18.4. The van der Waals surface area contributed by atoms with Crippen molar-refractivity contribution in [2.75, 3.05) is 11.1 Å². The fourth-order valence-electron chi connectivity index (χ4n) is 3.08. The second-order valence-corrected chi connectivity index (χ2v) is 8.25. The predicted octanol–water partition coefficient (Wildman–Crippen LogP) is 4.36. The van der Waals surface area contributed by atoms with E-state index in [4.69, 9.17) is 11.6 Å². The molecule has 9 heteroatoms. The second kappa shape index (κ2) is 8.87. The number of ketones is 1. The number of hydrogen-bond donors (Lipinski definition) is 1. The predicted molar refractivity (Wildman–Crippen MR) is 121 cm³/mol. The molecule has 1 amide bonds. The molecule has 4 aromatic rings. The molecule has 156 valence electrons. The average molecular weight is 452 g/mol. The van der Waals surface area contributed by atoms with Crippen molar-refractivity contribution in [1.29, 1.82) is 0 Å². The van der Waals surface area contributed by atoms with E-state index in [2.05, 4.69) is 20.4 Å². The van der Waals surface area contributed by atoms with Crippen LogP contribution >= 0.6 is 23.4 Å². The Morgan fingerprint density at radius 2 is 1.84 bits per heavy atom. The molecule has 0 aliphatic carbocycles. The highest BCUT2D eigenvalue weighted by molar-refractivity contribution is 7.99. The quantitative estimate of drug-likeness (QED) is 0.346. The lowest BCUT2D eigenvalue weighted by molar-refractivity contribution is -0.113. The highest BCUT2D eigenvalue weighted by Gasteiger charge is 2.17. The van der Waals surface area contributed by atoms with E-state index in [0.29, 0.717) is 32.8 Å². The summed E-state index contributed by atoms with van der Waals surface area (Å²) in [5.41, 5.74) is 3.02. The summed E-state index contributed by atoms with van der Waals surface area (Å²) < 4.78 is 1.64. The number of aromatic nitrogens is 4. The Hall–Kier alpha value is -3.23. The molecule has 0 saturated heterocycles. The van der Waals surface area contributed by atoms with Gasteiger partial charge in [0, 0.05) is 27.5 Å². The minimum atomic E-state index is -0.283. The molecule has 0 unspecified atom stereocenters. The number of aryl methyl sites for hydroxylation is 2. The molecular weight excluding hydrogens is 434 g/mol. The van der Waals surface area contributed by atoms with E-state index in [1.807, 2.05) is 26.0 Å². The summed E-state index contributed by atoms with van der Waals surface area (Å²) in [6.07, 6.45) is 0. The van der Waals surface area contributed by atoms with E-state index in [0.717, 1.165) is 11.4 Å². The Morgan fingerprint density at radius 3 is 2.61 bits per heavy atom. The summed E-state index contributed by atoms with van der Waals surface area (Å²) in [7, 11) is 0. The first-order valence-corrected chi connectivity index (χ1v) is 10.8. The molecule has 0 bridgehead atoms. The Morgan fingerprint density at radius 1 is 1.06 bits per heavy atom. The standard InChI is InChI=1S/C22H18ClN5O2S/c1-13-10-14(2)28-21(24-13)26-22(27-28)31-12-19(29)25-18-9-8-16(23)11-17(18)20(30)15-6-4-3-5-7-15/h3-11H,12H2,1-2H3,(H,25,29). The number of hydrogen-bond acceptors (Lipinski definition) is 6. The maximum absolute atomic E-state index is 12.9. The van der Waals surface area contributed by atoms with Crippen molar-refractivity contribution in [3.05, 3.63) is 82.1 Å². The number of nitrogens with one attached hydrogen (secondary N) is 1. The van der Waals surface area contributed by atoms with E-state index in [1.165, 1.54) is 11.8 Å². The minimum absolute atomic E-state index is 0.0799. The highest BCUT2D eigenvalue weighted by Crippen LogP contribution is 2.24. The smallest absolute Gasteiger partial charge is 0.253 e. The summed E-state index contributed by atoms with van der Waals surface area (Å²) in [6.45, 7) is 3.81. The molecule has 0 fully saturated rings. The lowest BCUT2D eigenvalue weighted by atomic mass is 10.0. The Bertz CT molecular complexity index is 1290. The Kier molecular flexibility index (Phi) is 6.01. The molecule has 4 rings (SSSR count). The number of halogens is 1. The SMILES string of the molecule is Cc1cc(C)n2nc(SCC(=O)Nc3ccc(Cl)cc3C(=O)c3ccccc3)nc2n1. The second-order valence-electron chi connectivity index (χ2n) is 6.87. The molecule has 0 atom stereocenters. The van der Waals surface area contributed by atoms with Gasteiger partial charge in [-0.2, -0.15) is 4.98 Å². The van der Waals surface area contributed by atoms with Gasteiger partial charge in [0.25, 0.3) is 5.78 Å². The van der Waals surface area contributed by atoms with Crippen molar-refractivity contribution in [2.24, 2.45) is 0 Å². The van der Waals surface area contributed by atoms with Crippen LogP contribution in [0, 0.1) is 13.8 Å². The molecule has 1 N–H and O–H groups in total. The van der Waals surface area contributed by atoms with Crippen molar-refractivity contribution in [3.8, 4) is 0 Å². The molecule has 0 radical (unpaired) electrons. The van der Waals surface area contributed by atoms with E-state index in [1.54, 1.807) is 47.0 Å². The van der Waals surface area contributed by atoms with Crippen LogP contribution < -0.4 is 5.32 Å². The van der Waals surface area contributed by atoms with Gasteiger partial charge in [-0.1, -0.05) is 53.7 Å². The van der Waals surface area contributed by atoms with Gasteiger partial charge < -0.3 is 5.32 Å². The van der Waals surface area contributed by atoms with Crippen LogP contribution in [0.3, 0.4) is 0 Å². The van der Waals surface area contributed by atoms with Crippen LogP contribution in [-0.4, -0.2) is 37.0 Å². The lowest BCUT2D eigenvalue weighted by Gasteiger charge is -2.11. The van der Waals surface area contributed by atoms with Crippen LogP contribution in [-0.2, 0) is 4.79 Å². The molecular formula is C22H18ClN5O2S. The first-order chi connectivity index (χ1) is 14.9. The van der Waals surface area contributed by atoms with E-state index < -0.39 is 0 Å². The van der Waals surface area contributed by atoms with Gasteiger partial charge >= 0.3 is 0 Å². The third kappa shape index (κ3) is 4.76. The van der Waals surface area contributed by atoms with E-state index in [-0.39, 0.29) is 17.4 Å². The number of thioether (sulfide) groups is 1. The first kappa shape index (κ1) is 21.0. The topological polar surface area (TPSA) is 89.3 Å². The number of fused-ring (bicyclic) bond motifs is 1. The number of carbonyl (C=O) groups excluding carboxylic acids is 2. The number of carbonyl (C=O) groups is 2. The number of benzene rings is 2. The first-order valence-electron chi connectivity index (χ1n) is 9.43. The van der Waals surface area contributed by atoms with Crippen molar-refractivity contribution in [3.63, 3.8) is 0 Å². The molecule has 7 nitrogen and oxygen atoms in total. The number of rotatable bonds is 6. The molecule has 2 aromatic heterocycles. The van der Waals surface area contributed by atoms with Crippen LogP contribution in [0.5, 0.6) is 0 Å². The lowest BCUT2D eigenvalue weighted by Crippen LogP contribution is -2.17. The fraction of sp³-hybridized carbons (Fsp3) is 0.136. The molecule has 0 saturated carbocycles.